The van der Waals surface area contributed by atoms with Gasteiger partial charge in [-0.05, 0) is 17.7 Å². The van der Waals surface area contributed by atoms with E-state index in [9.17, 15) is 9.59 Å². The van der Waals surface area contributed by atoms with Crippen molar-refractivity contribution in [3.05, 3.63) is 95.9 Å². The van der Waals surface area contributed by atoms with Gasteiger partial charge in [-0.25, -0.2) is 0 Å². The average molecular weight is 348 g/mol. The summed E-state index contributed by atoms with van der Waals surface area (Å²) in [4.78, 5) is 25.6. The molecule has 3 rings (SSSR count). The molecule has 1 heterocycles. The number of rotatable bonds is 8. The number of ketones is 2. The first kappa shape index (κ1) is 17.8. The third-order valence-electron chi connectivity index (χ3n) is 4.37. The van der Waals surface area contributed by atoms with Crippen LogP contribution in [0.3, 0.4) is 0 Å². The molecule has 2 aromatic carbocycles. The molecular weight excluding hydrogens is 328 g/mol. The molecule has 3 aromatic rings. The molecule has 0 saturated heterocycles. The Bertz CT molecular complexity index is 838. The molecule has 0 radical (unpaired) electrons. The minimum Gasteiger partial charge on any atom is -0.461 e. The van der Waals surface area contributed by atoms with Gasteiger partial charge in [-0.2, -0.15) is 0 Å². The summed E-state index contributed by atoms with van der Waals surface area (Å²) in [6, 6.07) is 21.8. The normalized spacial score (nSPS) is 13.1. The summed E-state index contributed by atoms with van der Waals surface area (Å²) in [6.45, 7) is 0. The maximum Gasteiger partial charge on any atom is 0.198 e. The molecule has 0 unspecified atom stereocenters. The van der Waals surface area contributed by atoms with E-state index >= 15 is 0 Å². The van der Waals surface area contributed by atoms with Gasteiger partial charge >= 0.3 is 0 Å². The fourth-order valence-electron chi connectivity index (χ4n) is 3.06. The number of methoxy groups -OCH3 is 1. The lowest BCUT2D eigenvalue weighted by Crippen LogP contribution is -2.32. The van der Waals surface area contributed by atoms with E-state index in [1.54, 1.807) is 24.3 Å². The maximum absolute atomic E-state index is 13.0. The van der Waals surface area contributed by atoms with E-state index in [4.69, 9.17) is 9.15 Å². The summed E-state index contributed by atoms with van der Waals surface area (Å²) in [5, 5.41) is 0. The Labute approximate surface area is 152 Å². The zero-order chi connectivity index (χ0) is 18.4. The molecule has 132 valence electrons. The summed E-state index contributed by atoms with van der Waals surface area (Å²) in [7, 11) is 1.50. The molecule has 4 nitrogen and oxygen atoms in total. The number of Topliss-reactive ketones (excluding diaryl/α,β-unsaturated/α-hetero) is 2. The van der Waals surface area contributed by atoms with Crippen molar-refractivity contribution in [2.45, 2.75) is 18.4 Å². The molecule has 0 aliphatic carbocycles. The third-order valence-corrected chi connectivity index (χ3v) is 4.37. The van der Waals surface area contributed by atoms with Crippen LogP contribution in [0.15, 0.2) is 83.5 Å². The Morgan fingerprint density at radius 1 is 0.923 bits per heavy atom. The van der Waals surface area contributed by atoms with Gasteiger partial charge in [-0.3, -0.25) is 9.59 Å². The molecule has 0 spiro atoms. The van der Waals surface area contributed by atoms with Crippen LogP contribution in [0.4, 0.5) is 0 Å². The van der Waals surface area contributed by atoms with Crippen LogP contribution < -0.4 is 0 Å². The SMILES string of the molecule is CO[C@H](C(=O)c1ccccc1)[C@H](CC(=O)c1ccco1)c1ccccc1. The number of ether oxygens (including phenoxy) is 1. The lowest BCUT2D eigenvalue weighted by atomic mass is 9.84. The van der Waals surface area contributed by atoms with Gasteiger partial charge in [0.1, 0.15) is 6.10 Å². The largest absolute Gasteiger partial charge is 0.461 e. The topological polar surface area (TPSA) is 56.5 Å². The molecule has 0 saturated carbocycles. The van der Waals surface area contributed by atoms with Crippen molar-refractivity contribution in [3.8, 4) is 0 Å². The second-order valence-corrected chi connectivity index (χ2v) is 6.01. The molecule has 0 N–H and O–H groups in total. The van der Waals surface area contributed by atoms with Crippen molar-refractivity contribution in [2.75, 3.05) is 7.11 Å². The predicted molar refractivity (Wildman–Crippen MR) is 98.4 cm³/mol. The van der Waals surface area contributed by atoms with Crippen molar-refractivity contribution in [2.24, 2.45) is 0 Å². The lowest BCUT2D eigenvalue weighted by Gasteiger charge is -2.25. The summed E-state index contributed by atoms with van der Waals surface area (Å²) in [6.07, 6.45) is 0.821. The van der Waals surface area contributed by atoms with Crippen LogP contribution in [0, 0.1) is 0 Å². The van der Waals surface area contributed by atoms with Crippen molar-refractivity contribution < 1.29 is 18.7 Å². The molecule has 0 aliphatic heterocycles. The zero-order valence-corrected chi connectivity index (χ0v) is 14.5. The summed E-state index contributed by atoms with van der Waals surface area (Å²) in [5.74, 6) is -0.430. The number of hydrogen-bond acceptors (Lipinski definition) is 4. The smallest absolute Gasteiger partial charge is 0.198 e. The first-order valence-corrected chi connectivity index (χ1v) is 8.44. The highest BCUT2D eigenvalue weighted by Crippen LogP contribution is 2.29. The lowest BCUT2D eigenvalue weighted by molar-refractivity contribution is 0.0496. The molecule has 4 heteroatoms. The number of carbonyl (C=O) groups excluding carboxylic acids is 2. The van der Waals surface area contributed by atoms with Gasteiger partial charge in [0.15, 0.2) is 17.3 Å². The maximum atomic E-state index is 13.0. The molecule has 26 heavy (non-hydrogen) atoms. The predicted octanol–water partition coefficient (Wildman–Crippen LogP) is 4.53. The van der Waals surface area contributed by atoms with Crippen LogP contribution in [0.1, 0.15) is 38.8 Å². The summed E-state index contributed by atoms with van der Waals surface area (Å²) in [5.41, 5.74) is 1.44. The highest BCUT2D eigenvalue weighted by molar-refractivity contribution is 6.01. The number of hydrogen-bond donors (Lipinski definition) is 0. The van der Waals surface area contributed by atoms with Gasteiger partial charge in [0, 0.05) is 25.0 Å². The van der Waals surface area contributed by atoms with Crippen LogP contribution in [0.2, 0.25) is 0 Å². The van der Waals surface area contributed by atoms with Gasteiger partial charge < -0.3 is 9.15 Å². The fourth-order valence-corrected chi connectivity index (χ4v) is 3.06. The summed E-state index contributed by atoms with van der Waals surface area (Å²) >= 11 is 0. The van der Waals surface area contributed by atoms with Crippen molar-refractivity contribution in [1.29, 1.82) is 0 Å². The Morgan fingerprint density at radius 3 is 2.15 bits per heavy atom. The van der Waals surface area contributed by atoms with E-state index in [-0.39, 0.29) is 23.7 Å². The van der Waals surface area contributed by atoms with E-state index in [2.05, 4.69) is 0 Å². The van der Waals surface area contributed by atoms with Crippen molar-refractivity contribution in [3.63, 3.8) is 0 Å². The van der Waals surface area contributed by atoms with Gasteiger partial charge in [-0.15, -0.1) is 0 Å². The van der Waals surface area contributed by atoms with Gasteiger partial charge in [0.2, 0.25) is 0 Å². The quantitative estimate of drug-likeness (QED) is 0.561. The molecule has 0 amide bonds. The Kier molecular flexibility index (Phi) is 5.77. The average Bonchev–Trinajstić information content (AvgIpc) is 3.24. The first-order valence-electron chi connectivity index (χ1n) is 8.44. The van der Waals surface area contributed by atoms with Crippen LogP contribution >= 0.6 is 0 Å². The molecular formula is C22H20O4. The minimum atomic E-state index is -0.765. The van der Waals surface area contributed by atoms with Gasteiger partial charge in [-0.1, -0.05) is 60.7 Å². The summed E-state index contributed by atoms with van der Waals surface area (Å²) < 4.78 is 10.8. The van der Waals surface area contributed by atoms with Gasteiger partial charge in [0.25, 0.3) is 0 Å². The van der Waals surface area contributed by atoms with Crippen LogP contribution in [-0.2, 0) is 4.74 Å². The molecule has 1 aromatic heterocycles. The highest BCUT2D eigenvalue weighted by atomic mass is 16.5. The Hall–Kier alpha value is -2.98. The van der Waals surface area contributed by atoms with Crippen LogP contribution in [0.25, 0.3) is 0 Å². The zero-order valence-electron chi connectivity index (χ0n) is 14.5. The fraction of sp³-hybridized carbons (Fsp3) is 0.182. The first-order chi connectivity index (χ1) is 12.7. The molecule has 0 aliphatic rings. The molecule has 0 fully saturated rings. The standard InChI is InChI=1S/C22H20O4/c1-25-22(21(24)17-11-6-3-7-12-17)18(16-9-4-2-5-10-16)15-19(23)20-13-8-14-26-20/h2-14,18,22H,15H2,1H3/t18-,22+/m1/s1. The Morgan fingerprint density at radius 2 is 1.58 bits per heavy atom. The monoisotopic (exact) mass is 348 g/mol. The van der Waals surface area contributed by atoms with Gasteiger partial charge in [0.05, 0.1) is 6.26 Å². The molecule has 0 bridgehead atoms. The van der Waals surface area contributed by atoms with E-state index in [1.165, 1.54) is 13.4 Å². The van der Waals surface area contributed by atoms with Crippen LogP contribution in [-0.4, -0.2) is 24.8 Å². The molecule has 2 atom stereocenters. The number of benzene rings is 2. The van der Waals surface area contributed by atoms with Crippen molar-refractivity contribution >= 4 is 11.6 Å². The minimum absolute atomic E-state index is 0.120. The number of furan rings is 1. The van der Waals surface area contributed by atoms with E-state index in [1.807, 2.05) is 48.5 Å². The highest BCUT2D eigenvalue weighted by Gasteiger charge is 2.32. The van der Waals surface area contributed by atoms with Crippen molar-refractivity contribution in [1.82, 2.24) is 0 Å². The number of carbonyl (C=O) groups is 2. The third kappa shape index (κ3) is 3.98. The van der Waals surface area contributed by atoms with Crippen LogP contribution in [0.5, 0.6) is 0 Å². The second kappa shape index (κ2) is 8.41. The van der Waals surface area contributed by atoms with E-state index < -0.39 is 12.0 Å². The van der Waals surface area contributed by atoms with E-state index in [0.717, 1.165) is 5.56 Å². The second-order valence-electron chi connectivity index (χ2n) is 6.01. The van der Waals surface area contributed by atoms with E-state index in [0.29, 0.717) is 5.56 Å². The Balaban J connectivity index is 1.93.